The number of nitrogens with zero attached hydrogens (tertiary/aromatic N) is 2. The van der Waals surface area contributed by atoms with Crippen LogP contribution in [0.3, 0.4) is 0 Å². The zero-order valence-electron chi connectivity index (χ0n) is 9.86. The second kappa shape index (κ2) is 5.76. The number of hydrogen-bond acceptors (Lipinski definition) is 7. The predicted octanol–water partition coefficient (Wildman–Crippen LogP) is 0.443. The minimum atomic E-state index is -1.41. The van der Waals surface area contributed by atoms with E-state index in [1.165, 1.54) is 0 Å². The van der Waals surface area contributed by atoms with E-state index >= 15 is 0 Å². The molecule has 1 atom stereocenters. The van der Waals surface area contributed by atoms with Crippen LogP contribution in [0.4, 0.5) is 17.1 Å². The molecule has 0 fully saturated rings. The maximum atomic E-state index is 10.8. The second-order valence-corrected chi connectivity index (χ2v) is 3.64. The quantitative estimate of drug-likeness (QED) is 0.583. The first-order valence-electron chi connectivity index (χ1n) is 5.27. The molecular formula is C10H10N3O6-. The van der Waals surface area contributed by atoms with Crippen molar-refractivity contribution >= 4 is 23.0 Å². The second-order valence-electron chi connectivity index (χ2n) is 3.64. The molecule has 9 nitrogen and oxygen atoms in total. The molecule has 0 unspecified atom stereocenters. The molecule has 1 aromatic rings. The van der Waals surface area contributed by atoms with Crippen molar-refractivity contribution in [3.05, 3.63) is 38.4 Å². The Morgan fingerprint density at radius 3 is 2.37 bits per heavy atom. The number of carbonyl (C=O) groups is 1. The first-order valence-corrected chi connectivity index (χ1v) is 5.27. The third-order valence-corrected chi connectivity index (χ3v) is 2.41. The first kappa shape index (κ1) is 14.4. The highest BCUT2D eigenvalue weighted by atomic mass is 16.6. The van der Waals surface area contributed by atoms with Gasteiger partial charge in [0, 0.05) is 6.07 Å². The molecule has 0 aliphatic rings. The Labute approximate surface area is 107 Å². The molecule has 0 aliphatic carbocycles. The number of carboxylic acids is 1. The van der Waals surface area contributed by atoms with Gasteiger partial charge in [-0.3, -0.25) is 20.2 Å². The van der Waals surface area contributed by atoms with Crippen LogP contribution in [0.5, 0.6) is 0 Å². The van der Waals surface area contributed by atoms with Gasteiger partial charge in [-0.25, -0.2) is 0 Å². The van der Waals surface area contributed by atoms with Crippen molar-refractivity contribution in [3.8, 4) is 0 Å². The van der Waals surface area contributed by atoms with Gasteiger partial charge in [-0.15, -0.1) is 0 Å². The fraction of sp³-hybridized carbons (Fsp3) is 0.300. The molecular weight excluding hydrogens is 258 g/mol. The molecule has 0 aromatic heterocycles. The van der Waals surface area contributed by atoms with E-state index in [0.717, 1.165) is 18.2 Å². The van der Waals surface area contributed by atoms with Crippen molar-refractivity contribution in [2.75, 3.05) is 5.32 Å². The van der Waals surface area contributed by atoms with Gasteiger partial charge in [-0.05, 0) is 12.5 Å². The maximum Gasteiger partial charge on any atom is 0.299 e. The lowest BCUT2D eigenvalue weighted by Gasteiger charge is -2.18. The van der Waals surface area contributed by atoms with Crippen LogP contribution < -0.4 is 10.4 Å². The predicted molar refractivity (Wildman–Crippen MR) is 62.5 cm³/mol. The van der Waals surface area contributed by atoms with Gasteiger partial charge in [0.2, 0.25) is 0 Å². The highest BCUT2D eigenvalue weighted by Crippen LogP contribution is 2.29. The third-order valence-electron chi connectivity index (χ3n) is 2.41. The number of hydrogen-bond donors (Lipinski definition) is 1. The summed E-state index contributed by atoms with van der Waals surface area (Å²) in [6.07, 6.45) is 0.149. The largest absolute Gasteiger partial charge is 0.548 e. The minimum Gasteiger partial charge on any atom is -0.548 e. The number of non-ortho nitro benzene ring substituents is 1. The summed E-state index contributed by atoms with van der Waals surface area (Å²) >= 11 is 0. The van der Waals surface area contributed by atoms with Crippen molar-refractivity contribution < 1.29 is 19.7 Å². The van der Waals surface area contributed by atoms with Gasteiger partial charge in [0.05, 0.1) is 27.9 Å². The lowest BCUT2D eigenvalue weighted by atomic mass is 10.2. The van der Waals surface area contributed by atoms with Crippen LogP contribution in [0.1, 0.15) is 13.3 Å². The van der Waals surface area contributed by atoms with Gasteiger partial charge < -0.3 is 15.2 Å². The van der Waals surface area contributed by atoms with Gasteiger partial charge in [0.25, 0.3) is 11.4 Å². The fourth-order valence-electron chi connectivity index (χ4n) is 1.42. The molecule has 19 heavy (non-hydrogen) atoms. The van der Waals surface area contributed by atoms with E-state index < -0.39 is 33.2 Å². The average molecular weight is 268 g/mol. The summed E-state index contributed by atoms with van der Waals surface area (Å²) < 4.78 is 0. The lowest BCUT2D eigenvalue weighted by molar-refractivity contribution is -0.393. The van der Waals surface area contributed by atoms with Crippen molar-refractivity contribution in [3.63, 3.8) is 0 Å². The Morgan fingerprint density at radius 1 is 1.32 bits per heavy atom. The van der Waals surface area contributed by atoms with E-state index in [1.807, 2.05) is 0 Å². The number of nitro benzene ring substituents is 2. The number of benzene rings is 1. The summed E-state index contributed by atoms with van der Waals surface area (Å²) in [5, 5.41) is 34.5. The summed E-state index contributed by atoms with van der Waals surface area (Å²) in [6, 6.07) is 1.81. The summed E-state index contributed by atoms with van der Waals surface area (Å²) in [7, 11) is 0. The summed E-state index contributed by atoms with van der Waals surface area (Å²) in [5.41, 5.74) is -1.11. The monoisotopic (exact) mass is 268 g/mol. The van der Waals surface area contributed by atoms with Crippen LogP contribution in [0, 0.1) is 20.2 Å². The number of carboxylic acid groups (broad SMARTS) is 1. The number of aliphatic carboxylic acids is 1. The fourth-order valence-corrected chi connectivity index (χ4v) is 1.42. The number of anilines is 1. The Balaban J connectivity index is 3.16. The third kappa shape index (κ3) is 3.37. The van der Waals surface area contributed by atoms with Crippen LogP contribution in [0.2, 0.25) is 0 Å². The van der Waals surface area contributed by atoms with Crippen molar-refractivity contribution in [1.29, 1.82) is 0 Å². The number of rotatable bonds is 6. The summed E-state index contributed by atoms with van der Waals surface area (Å²) in [4.78, 5) is 30.5. The Hall–Kier alpha value is -2.71. The van der Waals surface area contributed by atoms with Gasteiger partial charge >= 0.3 is 0 Å². The normalized spacial score (nSPS) is 11.6. The molecule has 0 heterocycles. The Kier molecular flexibility index (Phi) is 4.35. The van der Waals surface area contributed by atoms with Gasteiger partial charge in [-0.2, -0.15) is 0 Å². The highest BCUT2D eigenvalue weighted by Gasteiger charge is 2.21. The standard InChI is InChI=1S/C10H11N3O6/c1-2-7(10(14)15)11-8-4-3-6(12(16)17)5-9(8)13(18)19/h3-5,7,11H,2H2,1H3,(H,14,15)/p-1/t7-/m0/s1. The molecule has 9 heteroatoms. The van der Waals surface area contributed by atoms with Crippen LogP contribution in [0.25, 0.3) is 0 Å². The van der Waals surface area contributed by atoms with Crippen LogP contribution in [0.15, 0.2) is 18.2 Å². The Morgan fingerprint density at radius 2 is 1.95 bits per heavy atom. The minimum absolute atomic E-state index is 0.105. The first-order chi connectivity index (χ1) is 8.86. The maximum absolute atomic E-state index is 10.8. The number of nitrogens with one attached hydrogen (secondary N) is 1. The van der Waals surface area contributed by atoms with Gasteiger partial charge in [-0.1, -0.05) is 6.92 Å². The van der Waals surface area contributed by atoms with Crippen LogP contribution >= 0.6 is 0 Å². The smallest absolute Gasteiger partial charge is 0.299 e. The molecule has 0 amide bonds. The Bertz CT molecular complexity index is 530. The lowest BCUT2D eigenvalue weighted by Crippen LogP contribution is -2.40. The highest BCUT2D eigenvalue weighted by molar-refractivity contribution is 5.77. The zero-order chi connectivity index (χ0) is 14.6. The van der Waals surface area contributed by atoms with Gasteiger partial charge in [0.1, 0.15) is 5.69 Å². The molecule has 102 valence electrons. The topological polar surface area (TPSA) is 138 Å². The van der Waals surface area contributed by atoms with E-state index in [-0.39, 0.29) is 12.1 Å². The van der Waals surface area contributed by atoms with E-state index in [0.29, 0.717) is 0 Å². The molecule has 1 aromatic carbocycles. The molecule has 0 saturated heterocycles. The molecule has 0 radical (unpaired) electrons. The molecule has 0 aliphatic heterocycles. The number of nitro groups is 2. The summed E-state index contributed by atoms with van der Waals surface area (Å²) in [5.74, 6) is -1.41. The van der Waals surface area contributed by atoms with E-state index in [9.17, 15) is 30.1 Å². The van der Waals surface area contributed by atoms with Gasteiger partial charge in [0.15, 0.2) is 0 Å². The van der Waals surface area contributed by atoms with Crippen LogP contribution in [-0.2, 0) is 4.79 Å². The molecule has 0 spiro atoms. The van der Waals surface area contributed by atoms with E-state index in [4.69, 9.17) is 0 Å². The molecule has 1 N–H and O–H groups in total. The summed E-state index contributed by atoms with van der Waals surface area (Å²) in [6.45, 7) is 1.56. The van der Waals surface area contributed by atoms with Crippen LogP contribution in [-0.4, -0.2) is 21.9 Å². The average Bonchev–Trinajstić information content (AvgIpc) is 2.35. The van der Waals surface area contributed by atoms with Crippen molar-refractivity contribution in [1.82, 2.24) is 0 Å². The van der Waals surface area contributed by atoms with E-state index in [2.05, 4.69) is 5.32 Å². The zero-order valence-corrected chi connectivity index (χ0v) is 9.86. The molecule has 0 saturated carbocycles. The number of carbonyl (C=O) groups excluding carboxylic acids is 1. The SMILES string of the molecule is CC[C@H](Nc1ccc([N+](=O)[O-])cc1[N+](=O)[O-])C(=O)[O-]. The molecule has 0 bridgehead atoms. The van der Waals surface area contributed by atoms with Crippen molar-refractivity contribution in [2.24, 2.45) is 0 Å². The van der Waals surface area contributed by atoms with E-state index in [1.54, 1.807) is 6.92 Å². The molecule has 1 rings (SSSR count). The van der Waals surface area contributed by atoms with Crippen molar-refractivity contribution in [2.45, 2.75) is 19.4 Å².